The van der Waals surface area contributed by atoms with Crippen molar-refractivity contribution in [2.24, 2.45) is 0 Å². The molecular weight excluding hydrogens is 194 g/mol. The van der Waals surface area contributed by atoms with E-state index in [2.05, 4.69) is 50.3 Å². The first-order chi connectivity index (χ1) is 7.74. The van der Waals surface area contributed by atoms with Crippen molar-refractivity contribution in [1.29, 1.82) is 0 Å². The monoisotopic (exact) mass is 209 g/mol. The molecule has 0 saturated heterocycles. The highest BCUT2D eigenvalue weighted by atomic mass is 14.7. The Hall–Kier alpha value is -1.63. The number of fused-ring (bicyclic) bond motifs is 2. The van der Waals surface area contributed by atoms with E-state index in [1.807, 2.05) is 0 Å². The summed E-state index contributed by atoms with van der Waals surface area (Å²) < 4.78 is 0. The maximum atomic E-state index is 4.74. The predicted octanol–water partition coefficient (Wildman–Crippen LogP) is 3.93. The van der Waals surface area contributed by atoms with E-state index in [-0.39, 0.29) is 0 Å². The molecule has 0 N–H and O–H groups in total. The van der Waals surface area contributed by atoms with Gasteiger partial charge in [-0.05, 0) is 29.2 Å². The van der Waals surface area contributed by atoms with Crippen LogP contribution < -0.4 is 0 Å². The lowest BCUT2D eigenvalue weighted by Gasteiger charge is -2.08. The van der Waals surface area contributed by atoms with Gasteiger partial charge in [0.25, 0.3) is 0 Å². The summed E-state index contributed by atoms with van der Waals surface area (Å²) in [5.41, 5.74) is 5.00. The van der Waals surface area contributed by atoms with E-state index in [0.29, 0.717) is 5.92 Å². The van der Waals surface area contributed by atoms with E-state index in [1.54, 1.807) is 0 Å². The normalized spacial score (nSPS) is 13.7. The highest BCUT2D eigenvalue weighted by Crippen LogP contribution is 2.25. The first kappa shape index (κ1) is 9.59. The summed E-state index contributed by atoms with van der Waals surface area (Å²) in [6.45, 7) is 4.44. The fourth-order valence-electron chi connectivity index (χ4n) is 2.20. The fourth-order valence-corrected chi connectivity index (χ4v) is 2.20. The van der Waals surface area contributed by atoms with Crippen LogP contribution in [0.4, 0.5) is 0 Å². The molecule has 0 aliphatic heterocycles. The molecule has 0 fully saturated rings. The molecule has 0 amide bonds. The molecule has 3 rings (SSSR count). The molecule has 80 valence electrons. The van der Waals surface area contributed by atoms with Gasteiger partial charge in [0.15, 0.2) is 0 Å². The maximum absolute atomic E-state index is 4.74. The largest absolute Gasteiger partial charge is 0.252 e. The van der Waals surface area contributed by atoms with Crippen molar-refractivity contribution in [3.63, 3.8) is 0 Å². The van der Waals surface area contributed by atoms with E-state index < -0.39 is 0 Å². The molecule has 0 saturated carbocycles. The lowest BCUT2D eigenvalue weighted by molar-refractivity contribution is 0.868. The van der Waals surface area contributed by atoms with Crippen molar-refractivity contribution in [3.8, 4) is 0 Å². The van der Waals surface area contributed by atoms with Gasteiger partial charge in [0, 0.05) is 11.8 Å². The first-order valence-electron chi connectivity index (χ1n) is 5.84. The average Bonchev–Trinajstić information content (AvgIpc) is 2.71. The molecule has 16 heavy (non-hydrogen) atoms. The third-order valence-corrected chi connectivity index (χ3v) is 3.23. The molecule has 1 aliphatic rings. The number of pyridine rings is 1. The smallest absolute Gasteiger partial charge is 0.0708 e. The Kier molecular flexibility index (Phi) is 2.06. The van der Waals surface area contributed by atoms with Gasteiger partial charge in [0.2, 0.25) is 0 Å². The second kappa shape index (κ2) is 3.44. The van der Waals surface area contributed by atoms with Gasteiger partial charge in [0.1, 0.15) is 0 Å². The summed E-state index contributed by atoms with van der Waals surface area (Å²) in [4.78, 5) is 4.74. The van der Waals surface area contributed by atoms with E-state index >= 15 is 0 Å². The minimum atomic E-state index is 0.567. The van der Waals surface area contributed by atoms with Crippen LogP contribution in [0, 0.1) is 0 Å². The summed E-state index contributed by atoms with van der Waals surface area (Å²) in [5, 5.41) is 1.25. The highest BCUT2D eigenvalue weighted by molar-refractivity contribution is 5.83. The highest BCUT2D eigenvalue weighted by Gasteiger charge is 2.09. The zero-order valence-electron chi connectivity index (χ0n) is 9.70. The number of rotatable bonds is 1. The minimum Gasteiger partial charge on any atom is -0.252 e. The van der Waals surface area contributed by atoms with Crippen LogP contribution in [-0.4, -0.2) is 4.98 Å². The van der Waals surface area contributed by atoms with Gasteiger partial charge in [-0.3, -0.25) is 4.98 Å². The van der Waals surface area contributed by atoms with E-state index in [0.717, 1.165) is 11.9 Å². The van der Waals surface area contributed by atoms with Crippen LogP contribution >= 0.6 is 0 Å². The summed E-state index contributed by atoms with van der Waals surface area (Å²) in [6.07, 6.45) is 5.33. The molecule has 1 aromatic carbocycles. The van der Waals surface area contributed by atoms with Gasteiger partial charge in [0.05, 0.1) is 11.2 Å². The van der Waals surface area contributed by atoms with Crippen molar-refractivity contribution in [1.82, 2.24) is 4.98 Å². The molecule has 1 aromatic heterocycles. The van der Waals surface area contributed by atoms with Gasteiger partial charge >= 0.3 is 0 Å². The summed E-state index contributed by atoms with van der Waals surface area (Å²) in [6, 6.07) is 8.85. The van der Waals surface area contributed by atoms with Crippen LogP contribution in [-0.2, 0) is 6.42 Å². The van der Waals surface area contributed by atoms with Crippen LogP contribution in [0.2, 0.25) is 0 Å². The molecule has 1 nitrogen and oxygen atoms in total. The van der Waals surface area contributed by atoms with Gasteiger partial charge in [-0.25, -0.2) is 0 Å². The SMILES string of the molecule is CC(C)c1ccc2cc3c(nc2c1)CC=C3. The van der Waals surface area contributed by atoms with Gasteiger partial charge in [-0.1, -0.05) is 38.1 Å². The van der Waals surface area contributed by atoms with Gasteiger partial charge in [-0.15, -0.1) is 0 Å². The Labute approximate surface area is 95.8 Å². The lowest BCUT2D eigenvalue weighted by atomic mass is 10.0. The molecule has 0 unspecified atom stereocenters. The third-order valence-electron chi connectivity index (χ3n) is 3.23. The number of aromatic nitrogens is 1. The van der Waals surface area contributed by atoms with Crippen LogP contribution in [0.1, 0.15) is 36.6 Å². The van der Waals surface area contributed by atoms with Crippen LogP contribution in [0.3, 0.4) is 0 Å². The number of hydrogen-bond acceptors (Lipinski definition) is 1. The third kappa shape index (κ3) is 1.44. The molecule has 2 aromatic rings. The molecular formula is C15H15N. The number of nitrogens with zero attached hydrogens (tertiary/aromatic N) is 1. The first-order valence-corrected chi connectivity index (χ1v) is 5.84. The van der Waals surface area contributed by atoms with Crippen LogP contribution in [0.5, 0.6) is 0 Å². The summed E-state index contributed by atoms with van der Waals surface area (Å²) >= 11 is 0. The molecule has 0 spiro atoms. The molecule has 0 radical (unpaired) electrons. The van der Waals surface area contributed by atoms with E-state index in [9.17, 15) is 0 Å². The van der Waals surface area contributed by atoms with Crippen molar-refractivity contribution >= 4 is 17.0 Å². The molecule has 0 bridgehead atoms. The Bertz CT molecular complexity index is 579. The van der Waals surface area contributed by atoms with Gasteiger partial charge in [-0.2, -0.15) is 0 Å². The second-order valence-electron chi connectivity index (χ2n) is 4.74. The van der Waals surface area contributed by atoms with E-state index in [4.69, 9.17) is 4.98 Å². The standard InChI is InChI=1S/C15H15N/c1-10(2)11-6-7-13-8-12-4-3-5-14(12)16-15(13)9-11/h3-4,6-10H,5H2,1-2H3. The topological polar surface area (TPSA) is 12.9 Å². The van der Waals surface area contributed by atoms with Crippen LogP contribution in [0.25, 0.3) is 17.0 Å². The Balaban J connectivity index is 2.22. The zero-order valence-corrected chi connectivity index (χ0v) is 9.70. The Morgan fingerprint density at radius 3 is 2.88 bits per heavy atom. The van der Waals surface area contributed by atoms with Crippen LogP contribution in [0.15, 0.2) is 30.3 Å². The Morgan fingerprint density at radius 2 is 2.06 bits per heavy atom. The second-order valence-corrected chi connectivity index (χ2v) is 4.74. The van der Waals surface area contributed by atoms with Crippen molar-refractivity contribution in [3.05, 3.63) is 47.2 Å². The van der Waals surface area contributed by atoms with Crippen molar-refractivity contribution in [2.75, 3.05) is 0 Å². The average molecular weight is 209 g/mol. The lowest BCUT2D eigenvalue weighted by Crippen LogP contribution is -1.92. The van der Waals surface area contributed by atoms with Crippen molar-refractivity contribution < 1.29 is 0 Å². The minimum absolute atomic E-state index is 0.567. The quantitative estimate of drug-likeness (QED) is 0.693. The number of allylic oxidation sites excluding steroid dienone is 1. The molecule has 1 heteroatoms. The molecule has 1 heterocycles. The number of hydrogen-bond donors (Lipinski definition) is 0. The zero-order chi connectivity index (χ0) is 11.1. The molecule has 1 aliphatic carbocycles. The molecule has 0 atom stereocenters. The number of benzene rings is 1. The predicted molar refractivity (Wildman–Crippen MR) is 68.6 cm³/mol. The fraction of sp³-hybridized carbons (Fsp3) is 0.267. The van der Waals surface area contributed by atoms with E-state index in [1.165, 1.54) is 22.2 Å². The van der Waals surface area contributed by atoms with Gasteiger partial charge < -0.3 is 0 Å². The summed E-state index contributed by atoms with van der Waals surface area (Å²) in [5.74, 6) is 0.567. The Morgan fingerprint density at radius 1 is 1.19 bits per heavy atom. The van der Waals surface area contributed by atoms with Crippen molar-refractivity contribution in [2.45, 2.75) is 26.2 Å². The maximum Gasteiger partial charge on any atom is 0.0708 e. The summed E-state index contributed by atoms with van der Waals surface area (Å²) in [7, 11) is 0.